The van der Waals surface area contributed by atoms with Crippen LogP contribution in [0.4, 0.5) is 0 Å². The summed E-state index contributed by atoms with van der Waals surface area (Å²) in [6.45, 7) is 6.94. The van der Waals surface area contributed by atoms with Crippen molar-refractivity contribution >= 4 is 18.2 Å². The van der Waals surface area contributed by atoms with Crippen molar-refractivity contribution in [2.75, 3.05) is 0 Å². The van der Waals surface area contributed by atoms with Gasteiger partial charge in [-0.15, -0.1) is 0 Å². The Morgan fingerprint density at radius 3 is 1.43 bits per heavy atom. The minimum Gasteiger partial charge on any atom is -0.724 e. The van der Waals surface area contributed by atoms with Gasteiger partial charge in [-0.3, -0.25) is 14.4 Å². The van der Waals surface area contributed by atoms with Gasteiger partial charge in [-0.2, -0.15) is 0 Å². The highest BCUT2D eigenvalue weighted by Gasteiger charge is 1.97. The Kier molecular flexibility index (Phi) is 47.3. The molecule has 0 radical (unpaired) electrons. The van der Waals surface area contributed by atoms with E-state index in [1.807, 2.05) is 0 Å². The molecule has 0 aliphatic carbocycles. The maximum atomic E-state index is 8.24. The Bertz CT molecular complexity index is 247. The molecule has 0 aliphatic heterocycles. The van der Waals surface area contributed by atoms with Gasteiger partial charge in [0, 0.05) is 0 Å². The summed E-state index contributed by atoms with van der Waals surface area (Å²) in [7, 11) is 0. The molecule has 1 atom stereocenters. The van der Waals surface area contributed by atoms with E-state index in [2.05, 4.69) is 20.8 Å². The Balaban J connectivity index is -0.000000132. The van der Waals surface area contributed by atoms with Crippen LogP contribution >= 0.6 is 0 Å². The fraction of sp³-hybridized carbons (Fsp3) is 0.800. The number of nitrogens with zero attached hydrogens (tertiary/aromatic N) is 3. The Hall–Kier alpha value is -1.86. The van der Waals surface area contributed by atoms with E-state index in [-0.39, 0.29) is 0 Å². The van der Waals surface area contributed by atoms with Crippen molar-refractivity contribution in [2.45, 2.75) is 72.1 Å². The summed E-state index contributed by atoms with van der Waals surface area (Å²) in [4.78, 5) is 24.7. The normalized spacial score (nSPS) is 8.71. The highest BCUT2D eigenvalue weighted by molar-refractivity contribution is 5.37. The molecule has 0 bridgehead atoms. The molecular formula is C15H26N3O3-3. The number of hydrogen-bond acceptors (Lipinski definition) is 3. The number of isocyanates is 3. The van der Waals surface area contributed by atoms with Gasteiger partial charge in [-0.25, -0.2) is 0 Å². The van der Waals surface area contributed by atoms with E-state index in [4.69, 9.17) is 30.6 Å². The second kappa shape index (κ2) is 36.2. The lowest BCUT2D eigenvalue weighted by Gasteiger charge is -2.06. The third-order valence-electron chi connectivity index (χ3n) is 2.75. The summed E-state index contributed by atoms with van der Waals surface area (Å²) in [6.07, 6.45) is 12.9. The first-order valence-corrected chi connectivity index (χ1v) is 7.09. The lowest BCUT2D eigenvalue weighted by molar-refractivity contribution is 0.472. The zero-order valence-electron chi connectivity index (χ0n) is 13.3. The van der Waals surface area contributed by atoms with Gasteiger partial charge in [0.05, 0.1) is 0 Å². The monoisotopic (exact) mass is 296 g/mol. The van der Waals surface area contributed by atoms with Crippen LogP contribution in [0.2, 0.25) is 0 Å². The molecule has 1 unspecified atom stereocenters. The average molecular weight is 296 g/mol. The molecule has 0 aromatic carbocycles. The average Bonchev–Trinajstić information content (AvgIpc) is 2.45. The molecule has 0 amide bonds. The van der Waals surface area contributed by atoms with Crippen LogP contribution in [0.5, 0.6) is 0 Å². The molecule has 0 N–H and O–H groups in total. The molecular weight excluding hydrogens is 270 g/mol. The standard InChI is InChI=1S/C12H26.3CNO/c1-4-6-7-8-9-10-11-12(3)5-2;3*2-1-3/h12H,4-11H2,1-3H3;;;/q;3*-1. The fourth-order valence-electron chi connectivity index (χ4n) is 1.48. The lowest BCUT2D eigenvalue weighted by Crippen LogP contribution is -1.91. The van der Waals surface area contributed by atoms with E-state index in [1.54, 1.807) is 0 Å². The third-order valence-corrected chi connectivity index (χ3v) is 2.75. The van der Waals surface area contributed by atoms with Crippen molar-refractivity contribution in [1.82, 2.24) is 0 Å². The van der Waals surface area contributed by atoms with E-state index in [0.29, 0.717) is 18.2 Å². The second-order valence-electron chi connectivity index (χ2n) is 4.34. The highest BCUT2D eigenvalue weighted by atomic mass is 16.1. The predicted molar refractivity (Wildman–Crippen MR) is 84.6 cm³/mol. The molecule has 0 aromatic rings. The molecule has 0 rings (SSSR count). The summed E-state index contributed by atoms with van der Waals surface area (Å²) in [6, 6.07) is 0. The predicted octanol–water partition coefficient (Wildman–Crippen LogP) is 4.46. The number of carbonyl (C=O) groups excluding carboxylic acids is 3. The second-order valence-corrected chi connectivity index (χ2v) is 4.34. The molecule has 6 nitrogen and oxygen atoms in total. The van der Waals surface area contributed by atoms with E-state index in [1.165, 1.54) is 51.4 Å². The highest BCUT2D eigenvalue weighted by Crippen LogP contribution is 2.13. The third kappa shape index (κ3) is 71.3. The Labute approximate surface area is 127 Å². The maximum Gasteiger partial charge on any atom is -0.0159 e. The van der Waals surface area contributed by atoms with Crippen LogP contribution in [0.3, 0.4) is 0 Å². The van der Waals surface area contributed by atoms with Crippen LogP contribution in [0.15, 0.2) is 0 Å². The number of unbranched alkanes of at least 4 members (excludes halogenated alkanes) is 5. The summed E-state index contributed by atoms with van der Waals surface area (Å²) >= 11 is 0. The zero-order chi connectivity index (χ0) is 17.4. The smallest absolute Gasteiger partial charge is 0.0159 e. The van der Waals surface area contributed by atoms with Gasteiger partial charge in [-0.1, -0.05) is 72.1 Å². The molecule has 0 fully saturated rings. The van der Waals surface area contributed by atoms with Crippen molar-refractivity contribution in [3.05, 3.63) is 16.2 Å². The molecule has 0 aliphatic rings. The van der Waals surface area contributed by atoms with Crippen molar-refractivity contribution in [3.8, 4) is 0 Å². The topological polar surface area (TPSA) is 118 Å². The molecule has 21 heavy (non-hydrogen) atoms. The van der Waals surface area contributed by atoms with Gasteiger partial charge in [0.25, 0.3) is 0 Å². The summed E-state index contributed by atoms with van der Waals surface area (Å²) in [5.74, 6) is 0.955. The van der Waals surface area contributed by atoms with Crippen LogP contribution in [-0.2, 0) is 14.4 Å². The molecule has 122 valence electrons. The van der Waals surface area contributed by atoms with E-state index in [9.17, 15) is 0 Å². The van der Waals surface area contributed by atoms with E-state index >= 15 is 0 Å². The molecule has 0 saturated carbocycles. The first-order valence-electron chi connectivity index (χ1n) is 7.09. The van der Waals surface area contributed by atoms with Gasteiger partial charge in [0.1, 0.15) is 0 Å². The van der Waals surface area contributed by atoms with Gasteiger partial charge < -0.3 is 16.2 Å². The van der Waals surface area contributed by atoms with Gasteiger partial charge in [-0.05, 0) is 24.2 Å². The lowest BCUT2D eigenvalue weighted by atomic mass is 10.00. The van der Waals surface area contributed by atoms with Crippen LogP contribution < -0.4 is 0 Å². The SMILES string of the molecule is CCCCCCCCC(C)CC.[N-]=C=O.[N-]=C=O.[N-]=C=O. The van der Waals surface area contributed by atoms with Crippen LogP contribution in [0, 0.1) is 5.92 Å². The number of hydrogen-bond donors (Lipinski definition) is 0. The Morgan fingerprint density at radius 2 is 1.10 bits per heavy atom. The van der Waals surface area contributed by atoms with Crippen molar-refractivity contribution in [1.29, 1.82) is 0 Å². The van der Waals surface area contributed by atoms with Crippen molar-refractivity contribution in [3.63, 3.8) is 0 Å². The van der Waals surface area contributed by atoms with Gasteiger partial charge in [0.2, 0.25) is 0 Å². The zero-order valence-corrected chi connectivity index (χ0v) is 13.3. The van der Waals surface area contributed by atoms with E-state index in [0.717, 1.165) is 5.92 Å². The van der Waals surface area contributed by atoms with Crippen LogP contribution in [-0.4, -0.2) is 18.2 Å². The minimum atomic E-state index is 0.500. The molecule has 0 aromatic heterocycles. The van der Waals surface area contributed by atoms with Crippen molar-refractivity contribution < 1.29 is 14.4 Å². The quantitative estimate of drug-likeness (QED) is 0.373. The first kappa shape index (κ1) is 27.5. The maximum absolute atomic E-state index is 8.24. The molecule has 6 heteroatoms. The fourth-order valence-corrected chi connectivity index (χ4v) is 1.48. The minimum absolute atomic E-state index is 0.500. The summed E-state index contributed by atoms with van der Waals surface area (Å²) < 4.78 is 0. The molecule has 0 heterocycles. The van der Waals surface area contributed by atoms with E-state index < -0.39 is 0 Å². The summed E-state index contributed by atoms with van der Waals surface area (Å²) in [5.41, 5.74) is 0. The first-order chi connectivity index (χ1) is 10.1. The molecule has 0 spiro atoms. The molecule has 0 saturated heterocycles. The van der Waals surface area contributed by atoms with Crippen LogP contribution in [0.1, 0.15) is 72.1 Å². The number of rotatable bonds is 8. The summed E-state index contributed by atoms with van der Waals surface area (Å²) in [5, 5.41) is 20.3. The Morgan fingerprint density at radius 1 is 0.762 bits per heavy atom. The van der Waals surface area contributed by atoms with Gasteiger partial charge >= 0.3 is 0 Å². The largest absolute Gasteiger partial charge is 0.724 e. The van der Waals surface area contributed by atoms with Crippen molar-refractivity contribution in [2.24, 2.45) is 5.92 Å². The van der Waals surface area contributed by atoms with Gasteiger partial charge in [0.15, 0.2) is 0 Å². The van der Waals surface area contributed by atoms with Crippen LogP contribution in [0.25, 0.3) is 16.2 Å².